The second kappa shape index (κ2) is 13.1. The number of allylic oxidation sites excluding steroid dienone is 7. The molecule has 0 spiro atoms. The van der Waals surface area contributed by atoms with Gasteiger partial charge >= 0.3 is 0 Å². The largest absolute Gasteiger partial charge is 0.286 e. The highest BCUT2D eigenvalue weighted by atomic mass is 15.5. The van der Waals surface area contributed by atoms with Gasteiger partial charge in [-0.15, -0.1) is 0 Å². The monoisotopic (exact) mass is 441 g/mol. The molecule has 1 N–H and O–H groups in total. The second-order valence-corrected chi connectivity index (χ2v) is 7.38. The van der Waals surface area contributed by atoms with Gasteiger partial charge < -0.3 is 0 Å². The Kier molecular flexibility index (Phi) is 10.2. The predicted molar refractivity (Wildman–Crippen MR) is 143 cm³/mol. The van der Waals surface area contributed by atoms with Crippen LogP contribution < -0.4 is 0 Å². The minimum absolute atomic E-state index is 0.413. The fourth-order valence-electron chi connectivity index (χ4n) is 3.29. The number of rotatable bonds is 6. The molecule has 5 heteroatoms. The zero-order valence-electron chi connectivity index (χ0n) is 20.5. The maximum Gasteiger partial charge on any atom is 0.126 e. The van der Waals surface area contributed by atoms with Crippen molar-refractivity contribution >= 4 is 29.9 Å². The average Bonchev–Trinajstić information content (AvgIpc) is 3.09. The van der Waals surface area contributed by atoms with Gasteiger partial charge in [0.05, 0.1) is 17.1 Å². The lowest BCUT2D eigenvalue weighted by Gasteiger charge is -2.26. The first kappa shape index (κ1) is 25.7. The summed E-state index contributed by atoms with van der Waals surface area (Å²) in [6.45, 7) is 14.0. The van der Waals surface area contributed by atoms with Crippen LogP contribution in [0.15, 0.2) is 87.9 Å². The van der Waals surface area contributed by atoms with E-state index in [9.17, 15) is 0 Å². The van der Waals surface area contributed by atoms with E-state index in [0.717, 1.165) is 46.8 Å². The Labute approximate surface area is 198 Å². The minimum Gasteiger partial charge on any atom is -0.286 e. The topological polar surface area (TPSA) is 64.7 Å². The van der Waals surface area contributed by atoms with E-state index in [-0.39, 0.29) is 0 Å². The van der Waals surface area contributed by atoms with Gasteiger partial charge in [-0.05, 0) is 61.8 Å². The third-order valence-electron chi connectivity index (χ3n) is 5.13. The predicted octanol–water partition coefficient (Wildman–Crippen LogP) is 7.35. The van der Waals surface area contributed by atoms with E-state index in [1.165, 1.54) is 5.57 Å². The Morgan fingerprint density at radius 2 is 2.06 bits per heavy atom. The summed E-state index contributed by atoms with van der Waals surface area (Å²) in [7, 11) is 0. The molecule has 0 radical (unpaired) electrons. The van der Waals surface area contributed by atoms with Crippen molar-refractivity contribution in [1.82, 2.24) is 9.99 Å². The molecule has 2 aliphatic heterocycles. The normalized spacial score (nSPS) is 16.9. The van der Waals surface area contributed by atoms with Crippen molar-refractivity contribution in [1.29, 1.82) is 5.41 Å². The maximum absolute atomic E-state index is 8.74. The van der Waals surface area contributed by atoms with Gasteiger partial charge in [-0.3, -0.25) is 15.4 Å². The summed E-state index contributed by atoms with van der Waals surface area (Å²) in [5.74, 6) is 0.413. The summed E-state index contributed by atoms with van der Waals surface area (Å²) in [6.07, 6.45) is 19.7. The van der Waals surface area contributed by atoms with Crippen LogP contribution in [-0.2, 0) is 0 Å². The van der Waals surface area contributed by atoms with E-state index >= 15 is 0 Å². The van der Waals surface area contributed by atoms with Crippen LogP contribution in [0, 0.1) is 5.41 Å². The van der Waals surface area contributed by atoms with Crippen molar-refractivity contribution in [2.75, 3.05) is 0 Å². The number of aliphatic imine (C=N–C) groups is 1. The lowest BCUT2D eigenvalue weighted by molar-refractivity contribution is 0.541. The Balaban J connectivity index is 0.00000187. The quantitative estimate of drug-likeness (QED) is 0.370. The van der Waals surface area contributed by atoms with E-state index < -0.39 is 0 Å². The Hall–Kier alpha value is -3.60. The molecule has 1 aromatic heterocycles. The Morgan fingerprint density at radius 3 is 2.79 bits per heavy atom. The average molecular weight is 442 g/mol. The lowest BCUT2D eigenvalue weighted by atomic mass is 10.0. The molecule has 0 fully saturated rings. The first-order valence-electron chi connectivity index (χ1n) is 11.5. The van der Waals surface area contributed by atoms with E-state index in [0.29, 0.717) is 12.3 Å². The Bertz CT molecular complexity index is 1080. The standard InChI is InChI=1S/C26H29N5.C2H6/c1-5-19(3)25-15-14-24(22-12-9-16-28-20(4)18-22)30-31(25)26(27)13-7-10-21-11-8-17-29-23(21)6-2;1-2/h6-8,10-12,14-18,27H,2,5,9,13H2,1,3-4H3;1-2H3/b10-7+,25-19+,27-26?;. The molecule has 0 unspecified atom stereocenters. The van der Waals surface area contributed by atoms with Crippen molar-refractivity contribution in [2.24, 2.45) is 10.1 Å². The number of hydrogen-bond acceptors (Lipinski definition) is 4. The first-order chi connectivity index (χ1) is 16.0. The van der Waals surface area contributed by atoms with E-state index in [2.05, 4.69) is 42.6 Å². The molecule has 0 saturated carbocycles. The molecule has 5 nitrogen and oxygen atoms in total. The van der Waals surface area contributed by atoms with Crippen LogP contribution in [0.1, 0.15) is 65.1 Å². The van der Waals surface area contributed by atoms with Crippen LogP contribution in [0.2, 0.25) is 0 Å². The molecule has 33 heavy (non-hydrogen) atoms. The van der Waals surface area contributed by atoms with Crippen molar-refractivity contribution in [3.63, 3.8) is 0 Å². The van der Waals surface area contributed by atoms with Crippen LogP contribution in [0.5, 0.6) is 0 Å². The molecule has 3 rings (SSSR count). The third-order valence-corrected chi connectivity index (χ3v) is 5.13. The number of pyridine rings is 1. The summed E-state index contributed by atoms with van der Waals surface area (Å²) in [5, 5.41) is 15.3. The molecule has 0 bridgehead atoms. The van der Waals surface area contributed by atoms with Crippen LogP contribution in [0.4, 0.5) is 0 Å². The van der Waals surface area contributed by atoms with Gasteiger partial charge in [0.1, 0.15) is 5.84 Å². The van der Waals surface area contributed by atoms with Gasteiger partial charge in [-0.2, -0.15) is 5.10 Å². The van der Waals surface area contributed by atoms with Gasteiger partial charge in [0.2, 0.25) is 0 Å². The first-order valence-corrected chi connectivity index (χ1v) is 11.5. The molecule has 1 aromatic rings. The summed E-state index contributed by atoms with van der Waals surface area (Å²) >= 11 is 0. The van der Waals surface area contributed by atoms with E-state index in [1.807, 2.05) is 63.4 Å². The Morgan fingerprint density at radius 1 is 1.27 bits per heavy atom. The van der Waals surface area contributed by atoms with Crippen molar-refractivity contribution < 1.29 is 0 Å². The van der Waals surface area contributed by atoms with Crippen molar-refractivity contribution in [3.05, 3.63) is 89.1 Å². The highest BCUT2D eigenvalue weighted by molar-refractivity contribution is 6.12. The highest BCUT2D eigenvalue weighted by Gasteiger charge is 2.19. The number of hydrogen-bond donors (Lipinski definition) is 1. The summed E-state index contributed by atoms with van der Waals surface area (Å²) in [6, 6.07) is 3.89. The van der Waals surface area contributed by atoms with E-state index in [4.69, 9.17) is 10.5 Å². The van der Waals surface area contributed by atoms with Crippen molar-refractivity contribution in [2.45, 2.75) is 53.9 Å². The molecule has 0 aliphatic carbocycles. The van der Waals surface area contributed by atoms with E-state index in [1.54, 1.807) is 17.3 Å². The summed E-state index contributed by atoms with van der Waals surface area (Å²) in [4.78, 5) is 8.69. The van der Waals surface area contributed by atoms with Crippen LogP contribution in [0.3, 0.4) is 0 Å². The third kappa shape index (κ3) is 6.94. The number of nitrogens with one attached hydrogen (secondary N) is 1. The summed E-state index contributed by atoms with van der Waals surface area (Å²) < 4.78 is 0. The molecule has 0 amide bonds. The van der Waals surface area contributed by atoms with Crippen molar-refractivity contribution in [3.8, 4) is 0 Å². The van der Waals surface area contributed by atoms with Crippen LogP contribution in [0.25, 0.3) is 12.2 Å². The zero-order valence-corrected chi connectivity index (χ0v) is 20.5. The minimum atomic E-state index is 0.413. The smallest absolute Gasteiger partial charge is 0.126 e. The fraction of sp³-hybridized carbons (Fsp3) is 0.286. The molecule has 2 aliphatic rings. The molecule has 0 saturated heterocycles. The second-order valence-electron chi connectivity index (χ2n) is 7.38. The zero-order chi connectivity index (χ0) is 24.2. The maximum atomic E-state index is 8.74. The molecule has 0 atom stereocenters. The van der Waals surface area contributed by atoms with Crippen LogP contribution >= 0.6 is 0 Å². The lowest BCUT2D eigenvalue weighted by Crippen LogP contribution is -2.28. The summed E-state index contributed by atoms with van der Waals surface area (Å²) in [5.41, 5.74) is 6.79. The number of aromatic nitrogens is 1. The van der Waals surface area contributed by atoms with Gasteiger partial charge in [-0.25, -0.2) is 5.01 Å². The molecular formula is C28H35N5. The molecule has 172 valence electrons. The highest BCUT2D eigenvalue weighted by Crippen LogP contribution is 2.24. The fourth-order valence-corrected chi connectivity index (χ4v) is 3.29. The number of hydrazone groups is 1. The van der Waals surface area contributed by atoms with Gasteiger partial charge in [0.15, 0.2) is 0 Å². The van der Waals surface area contributed by atoms with Gasteiger partial charge in [0.25, 0.3) is 0 Å². The van der Waals surface area contributed by atoms with Gasteiger partial charge in [-0.1, -0.05) is 51.6 Å². The van der Waals surface area contributed by atoms with Crippen LogP contribution in [-0.4, -0.2) is 27.8 Å². The SMILES string of the molecule is C=Cc1ncccc1/C=C/CC(=N)N1N=C(C2=CCC=NC(C)=C2)C=C/C1=C(/C)CC.CC. The van der Waals surface area contributed by atoms with Gasteiger partial charge in [0, 0.05) is 36.5 Å². The molecule has 3 heterocycles. The molecule has 0 aromatic carbocycles. The molecular weight excluding hydrogens is 406 g/mol. The number of nitrogens with zero attached hydrogens (tertiary/aromatic N) is 4. The number of amidine groups is 1.